The van der Waals surface area contributed by atoms with Crippen molar-refractivity contribution in [2.75, 3.05) is 50.5 Å². The van der Waals surface area contributed by atoms with Crippen molar-refractivity contribution >= 4 is 34.8 Å². The van der Waals surface area contributed by atoms with Gasteiger partial charge in [0.2, 0.25) is 5.82 Å². The molecule has 0 spiro atoms. The zero-order valence-corrected chi connectivity index (χ0v) is 25.4. The molecule has 18 heteroatoms. The van der Waals surface area contributed by atoms with Crippen molar-refractivity contribution in [3.8, 4) is 17.0 Å². The number of esters is 2. The van der Waals surface area contributed by atoms with Gasteiger partial charge in [-0.2, -0.15) is 26.3 Å². The third-order valence-corrected chi connectivity index (χ3v) is 6.73. The number of nitrogens with zero attached hydrogens (tertiary/aromatic N) is 4. The Morgan fingerprint density at radius 1 is 1.06 bits per heavy atom. The molecule has 2 aromatic carbocycles. The van der Waals surface area contributed by atoms with Gasteiger partial charge in [-0.15, -0.1) is 0 Å². The number of carbonyl (C=O) groups is 2. The molecule has 2 heterocycles. The Morgan fingerprint density at radius 3 is 2.54 bits per heavy atom. The predicted octanol–water partition coefficient (Wildman–Crippen LogP) is 5.57. The second-order valence-corrected chi connectivity index (χ2v) is 10.1. The van der Waals surface area contributed by atoms with Crippen molar-refractivity contribution in [1.29, 1.82) is 0 Å². The first kappa shape index (κ1) is 35.9. The number of hydrogen-bond acceptors (Lipinski definition) is 10. The highest BCUT2D eigenvalue weighted by Crippen LogP contribution is 2.32. The third-order valence-electron chi connectivity index (χ3n) is 6.73. The van der Waals surface area contributed by atoms with Crippen LogP contribution in [0.3, 0.4) is 0 Å². The highest BCUT2D eigenvalue weighted by atomic mass is 19.4. The first-order valence-corrected chi connectivity index (χ1v) is 14.3. The summed E-state index contributed by atoms with van der Waals surface area (Å²) < 4.78 is 106. The minimum absolute atomic E-state index is 0.151. The number of halogens is 7. The fourth-order valence-corrected chi connectivity index (χ4v) is 4.47. The largest absolute Gasteiger partial charge is 0.491 e. The molecule has 2 N–H and O–H groups in total. The molecule has 0 aliphatic heterocycles. The molecule has 0 saturated heterocycles. The molecule has 0 atom stereocenters. The van der Waals surface area contributed by atoms with Crippen LogP contribution in [-0.2, 0) is 25.5 Å². The first-order valence-electron chi connectivity index (χ1n) is 14.3. The number of alkyl halides is 5. The summed E-state index contributed by atoms with van der Waals surface area (Å²) in [6.45, 7) is -0.845. The summed E-state index contributed by atoms with van der Waals surface area (Å²) in [5.41, 5.74) is 2.63. The maximum atomic E-state index is 14.8. The van der Waals surface area contributed by atoms with E-state index in [9.17, 15) is 40.3 Å². The van der Waals surface area contributed by atoms with Gasteiger partial charge in [-0.3, -0.25) is 14.1 Å². The van der Waals surface area contributed by atoms with E-state index in [0.717, 1.165) is 23.4 Å². The van der Waals surface area contributed by atoms with E-state index < -0.39 is 48.7 Å². The second kappa shape index (κ2) is 15.7. The van der Waals surface area contributed by atoms with Gasteiger partial charge in [0, 0.05) is 42.4 Å². The Kier molecular flexibility index (Phi) is 11.8. The van der Waals surface area contributed by atoms with Crippen molar-refractivity contribution in [2.45, 2.75) is 26.1 Å². The molecule has 0 amide bonds. The molecule has 48 heavy (non-hydrogen) atoms. The van der Waals surface area contributed by atoms with Crippen LogP contribution in [0.15, 0.2) is 48.9 Å². The summed E-state index contributed by atoms with van der Waals surface area (Å²) >= 11 is 0. The van der Waals surface area contributed by atoms with Gasteiger partial charge in [-0.1, -0.05) is 6.92 Å². The molecule has 258 valence electrons. The van der Waals surface area contributed by atoms with E-state index in [1.54, 1.807) is 6.07 Å². The van der Waals surface area contributed by atoms with Gasteiger partial charge in [-0.25, -0.2) is 19.2 Å². The lowest BCUT2D eigenvalue weighted by atomic mass is 10.1. The zero-order valence-electron chi connectivity index (χ0n) is 25.4. The molecule has 0 aliphatic rings. The van der Waals surface area contributed by atoms with E-state index in [-0.39, 0.29) is 36.7 Å². The second-order valence-electron chi connectivity index (χ2n) is 10.1. The fourth-order valence-electron chi connectivity index (χ4n) is 4.47. The molecule has 11 nitrogen and oxygen atoms in total. The summed E-state index contributed by atoms with van der Waals surface area (Å²) in [6.07, 6.45) is -0.385. The van der Waals surface area contributed by atoms with E-state index in [0.29, 0.717) is 24.5 Å². The topological polar surface area (TPSA) is 119 Å². The SMILES string of the molecule is CCc1cc(Nc2nccn3c(-c4ccc(OC(F)F)c(F)c4F)cnc23)ccc1NCCOCCN(C)CC(=O)OC(=O)C(F)(F)F. The number of fused-ring (bicyclic) bond motifs is 1. The van der Waals surface area contributed by atoms with Gasteiger partial charge in [0.1, 0.15) is 0 Å². The Bertz CT molecular complexity index is 1750. The van der Waals surface area contributed by atoms with Crippen LogP contribution < -0.4 is 15.4 Å². The Labute approximate surface area is 268 Å². The number of nitrogens with one attached hydrogen (secondary N) is 2. The van der Waals surface area contributed by atoms with Crippen molar-refractivity contribution in [3.05, 3.63) is 66.1 Å². The number of anilines is 3. The molecule has 0 fully saturated rings. The fraction of sp³-hybridized carbons (Fsp3) is 0.333. The standard InChI is InChI=1S/C30H29F7N6O5/c1-3-17-14-18(4-6-20(17)38-9-12-46-13-11-42(2)16-23(44)48-28(45)30(35,36)37)41-26-27-40-15-21(43(27)10-8-39-26)19-5-7-22(47-29(33)34)25(32)24(19)31/h4-8,10,14-15,29,38H,3,9,11-13,16H2,1-2H3,(H,39,41). The van der Waals surface area contributed by atoms with Crippen molar-refractivity contribution in [3.63, 3.8) is 0 Å². The number of imidazole rings is 1. The first-order chi connectivity index (χ1) is 22.8. The number of hydrogen-bond donors (Lipinski definition) is 2. The predicted molar refractivity (Wildman–Crippen MR) is 158 cm³/mol. The summed E-state index contributed by atoms with van der Waals surface area (Å²) in [7, 11) is 1.46. The van der Waals surface area contributed by atoms with Crippen LogP contribution in [0.25, 0.3) is 16.9 Å². The van der Waals surface area contributed by atoms with Gasteiger partial charge in [-0.05, 0) is 49.4 Å². The Balaban J connectivity index is 1.32. The number of ether oxygens (including phenoxy) is 3. The van der Waals surface area contributed by atoms with Gasteiger partial charge >= 0.3 is 24.7 Å². The quantitative estimate of drug-likeness (QED) is 0.0711. The number of likely N-dealkylation sites (N-methyl/N-ethyl adjacent to an activating group) is 1. The van der Waals surface area contributed by atoms with Gasteiger partial charge in [0.05, 0.1) is 31.6 Å². The zero-order chi connectivity index (χ0) is 35.0. The summed E-state index contributed by atoms with van der Waals surface area (Å²) in [4.78, 5) is 32.2. The average Bonchev–Trinajstić information content (AvgIpc) is 3.46. The highest BCUT2D eigenvalue weighted by Gasteiger charge is 2.42. The van der Waals surface area contributed by atoms with E-state index >= 15 is 0 Å². The van der Waals surface area contributed by atoms with Crippen molar-refractivity contribution in [1.82, 2.24) is 19.3 Å². The van der Waals surface area contributed by atoms with Crippen LogP contribution in [-0.4, -0.2) is 83.9 Å². The number of carbonyl (C=O) groups excluding carboxylic acids is 2. The van der Waals surface area contributed by atoms with E-state index in [4.69, 9.17) is 4.74 Å². The molecule has 0 unspecified atom stereocenters. The van der Waals surface area contributed by atoms with Gasteiger partial charge < -0.3 is 24.8 Å². The van der Waals surface area contributed by atoms with Crippen LogP contribution in [0, 0.1) is 11.6 Å². The average molecular weight is 687 g/mol. The number of aromatic nitrogens is 3. The lowest BCUT2D eigenvalue weighted by Gasteiger charge is -2.16. The summed E-state index contributed by atoms with van der Waals surface area (Å²) in [5.74, 6) is -7.43. The van der Waals surface area contributed by atoms with Gasteiger partial charge in [0.15, 0.2) is 23.0 Å². The molecule has 0 aliphatic carbocycles. The number of aryl methyl sites for hydroxylation is 1. The normalized spacial score (nSPS) is 11.7. The maximum absolute atomic E-state index is 14.8. The van der Waals surface area contributed by atoms with Crippen LogP contribution in [0.1, 0.15) is 12.5 Å². The van der Waals surface area contributed by atoms with E-state index in [1.165, 1.54) is 34.9 Å². The Morgan fingerprint density at radius 2 is 1.83 bits per heavy atom. The molecular formula is C30H29F7N6O5. The smallest absolute Gasteiger partial charge is 0.432 e. The lowest BCUT2D eigenvalue weighted by Crippen LogP contribution is -2.35. The van der Waals surface area contributed by atoms with Gasteiger partial charge in [0.25, 0.3) is 0 Å². The van der Waals surface area contributed by atoms with Crippen molar-refractivity contribution < 1.29 is 54.5 Å². The van der Waals surface area contributed by atoms with Crippen molar-refractivity contribution in [2.24, 2.45) is 0 Å². The monoisotopic (exact) mass is 686 g/mol. The van der Waals surface area contributed by atoms with E-state index in [1.807, 2.05) is 19.1 Å². The summed E-state index contributed by atoms with van der Waals surface area (Å²) in [6, 6.07) is 7.52. The third kappa shape index (κ3) is 9.09. The Hall–Kier alpha value is -4.97. The lowest BCUT2D eigenvalue weighted by molar-refractivity contribution is -0.202. The summed E-state index contributed by atoms with van der Waals surface area (Å²) in [5, 5.41) is 6.42. The molecule has 4 rings (SSSR count). The minimum Gasteiger partial charge on any atom is -0.432 e. The van der Waals surface area contributed by atoms with E-state index in [2.05, 4.69) is 30.1 Å². The molecule has 2 aromatic heterocycles. The maximum Gasteiger partial charge on any atom is 0.491 e. The molecule has 4 aromatic rings. The molecule has 0 bridgehead atoms. The highest BCUT2D eigenvalue weighted by molar-refractivity contribution is 5.89. The molecular weight excluding hydrogens is 657 g/mol. The van der Waals surface area contributed by atoms with Crippen LogP contribution >= 0.6 is 0 Å². The number of rotatable bonds is 15. The minimum atomic E-state index is -5.25. The number of benzene rings is 2. The van der Waals surface area contributed by atoms with Crippen LogP contribution in [0.5, 0.6) is 5.75 Å². The van der Waals surface area contributed by atoms with Crippen LogP contribution in [0.2, 0.25) is 0 Å². The molecule has 0 radical (unpaired) electrons. The molecule has 0 saturated carbocycles. The van der Waals surface area contributed by atoms with Crippen LogP contribution in [0.4, 0.5) is 47.9 Å².